The number of Topliss-reactive ketones (excluding diaryl/α,β-unsaturated/α-hetero) is 1. The molecule has 1 aliphatic carbocycles. The molecule has 0 aromatic rings. The predicted molar refractivity (Wildman–Crippen MR) is 68.0 cm³/mol. The zero-order chi connectivity index (χ0) is 13.1. The molecule has 0 radical (unpaired) electrons. The van der Waals surface area contributed by atoms with Gasteiger partial charge in [0.25, 0.3) is 0 Å². The largest absolute Gasteiger partial charge is 0.452 e. The second-order valence-electron chi connectivity index (χ2n) is 5.07. The third kappa shape index (κ3) is 2.28. The first-order valence-corrected chi connectivity index (χ1v) is 6.80. The van der Waals surface area contributed by atoms with Gasteiger partial charge in [-0.05, 0) is 30.8 Å². The van der Waals surface area contributed by atoms with Crippen LogP contribution in [0.1, 0.15) is 45.4 Å². The van der Waals surface area contributed by atoms with Crippen molar-refractivity contribution >= 4 is 11.9 Å². The molecule has 0 saturated carbocycles. The quantitative estimate of drug-likeness (QED) is 0.774. The lowest BCUT2D eigenvalue weighted by Gasteiger charge is -2.28. The molecule has 1 heterocycles. The van der Waals surface area contributed by atoms with Gasteiger partial charge in [-0.15, -0.1) is 0 Å². The van der Waals surface area contributed by atoms with Gasteiger partial charge in [-0.1, -0.05) is 19.8 Å². The Bertz CT molecular complexity index is 387. The van der Waals surface area contributed by atoms with Crippen molar-refractivity contribution in [2.45, 2.75) is 45.4 Å². The van der Waals surface area contributed by atoms with Gasteiger partial charge < -0.3 is 4.74 Å². The number of carbonyl (C=O) groups excluding carboxylic acids is 2. The lowest BCUT2D eigenvalue weighted by Crippen LogP contribution is -2.36. The number of amides is 1. The van der Waals surface area contributed by atoms with E-state index in [1.165, 1.54) is 17.6 Å². The maximum absolute atomic E-state index is 12.1. The molecule has 0 fully saturated rings. The molecule has 1 amide bonds. The van der Waals surface area contributed by atoms with E-state index >= 15 is 0 Å². The highest BCUT2D eigenvalue weighted by Gasteiger charge is 2.39. The summed E-state index contributed by atoms with van der Waals surface area (Å²) in [6.07, 6.45) is 5.44. The minimum atomic E-state index is -0.397. The first-order valence-electron chi connectivity index (χ1n) is 6.80. The molecule has 100 valence electrons. The highest BCUT2D eigenvalue weighted by molar-refractivity contribution is 6.01. The van der Waals surface area contributed by atoms with Gasteiger partial charge in [0.2, 0.25) is 0 Å². The molecule has 1 unspecified atom stereocenters. The second-order valence-corrected chi connectivity index (χ2v) is 5.07. The van der Waals surface area contributed by atoms with Crippen LogP contribution < -0.4 is 0 Å². The van der Waals surface area contributed by atoms with E-state index in [9.17, 15) is 9.59 Å². The van der Waals surface area contributed by atoms with Crippen molar-refractivity contribution in [1.82, 2.24) is 4.90 Å². The lowest BCUT2D eigenvalue weighted by molar-refractivity contribution is -0.116. The fourth-order valence-electron chi connectivity index (χ4n) is 3.02. The number of carbonyl (C=O) groups is 2. The van der Waals surface area contributed by atoms with Gasteiger partial charge in [0.05, 0.1) is 12.8 Å². The number of hydrogen-bond acceptors (Lipinski definition) is 3. The predicted octanol–water partition coefficient (Wildman–Crippen LogP) is 2.88. The van der Waals surface area contributed by atoms with E-state index in [2.05, 4.69) is 6.92 Å². The highest BCUT2D eigenvalue weighted by Crippen LogP contribution is 2.40. The van der Waals surface area contributed by atoms with Crippen LogP contribution in [0.4, 0.5) is 4.79 Å². The van der Waals surface area contributed by atoms with Gasteiger partial charge in [0.1, 0.15) is 0 Å². The molecular formula is C14H21NO3. The van der Waals surface area contributed by atoms with E-state index < -0.39 is 6.09 Å². The number of hydrogen-bond donors (Lipinski definition) is 0. The van der Waals surface area contributed by atoms with Crippen LogP contribution in [0.5, 0.6) is 0 Å². The van der Waals surface area contributed by atoms with Crippen molar-refractivity contribution < 1.29 is 14.3 Å². The molecule has 2 rings (SSSR count). The minimum absolute atomic E-state index is 0.121. The summed E-state index contributed by atoms with van der Waals surface area (Å²) in [5, 5.41) is 0. The molecule has 0 aromatic heterocycles. The molecule has 0 bridgehead atoms. The Morgan fingerprint density at radius 3 is 2.94 bits per heavy atom. The molecule has 0 aromatic carbocycles. The Labute approximate surface area is 108 Å². The van der Waals surface area contributed by atoms with Crippen LogP contribution >= 0.6 is 0 Å². The van der Waals surface area contributed by atoms with Crippen molar-refractivity contribution in [3.63, 3.8) is 0 Å². The van der Waals surface area contributed by atoms with Crippen molar-refractivity contribution in [1.29, 1.82) is 0 Å². The van der Waals surface area contributed by atoms with Crippen molar-refractivity contribution in [2.24, 2.45) is 5.92 Å². The lowest BCUT2D eigenvalue weighted by atomic mass is 9.91. The van der Waals surface area contributed by atoms with Crippen molar-refractivity contribution in [2.75, 3.05) is 13.7 Å². The molecule has 0 saturated heterocycles. The van der Waals surface area contributed by atoms with Gasteiger partial charge in [-0.3, -0.25) is 9.69 Å². The minimum Gasteiger partial charge on any atom is -0.452 e. The smallest absolute Gasteiger partial charge is 0.414 e. The fourth-order valence-corrected chi connectivity index (χ4v) is 3.02. The summed E-state index contributed by atoms with van der Waals surface area (Å²) in [6.45, 7) is 2.77. The van der Waals surface area contributed by atoms with E-state index in [-0.39, 0.29) is 5.78 Å². The topological polar surface area (TPSA) is 46.6 Å². The molecule has 1 aliphatic heterocycles. The summed E-state index contributed by atoms with van der Waals surface area (Å²) in [7, 11) is 1.37. The summed E-state index contributed by atoms with van der Waals surface area (Å²) in [4.78, 5) is 25.3. The van der Waals surface area contributed by atoms with Crippen molar-refractivity contribution in [3.05, 3.63) is 11.3 Å². The Balaban J connectivity index is 2.22. The third-order valence-electron chi connectivity index (χ3n) is 3.89. The summed E-state index contributed by atoms with van der Waals surface area (Å²) in [6, 6.07) is 0. The first kappa shape index (κ1) is 13.1. The maximum atomic E-state index is 12.1. The molecule has 4 nitrogen and oxygen atoms in total. The van der Waals surface area contributed by atoms with Gasteiger partial charge >= 0.3 is 6.09 Å². The molecule has 0 N–H and O–H groups in total. The Morgan fingerprint density at radius 1 is 1.50 bits per heavy atom. The molecule has 2 aliphatic rings. The SMILES string of the molecule is CCCCC1CC(=O)C2=C1CCCN2C(=O)OC. The number of rotatable bonds is 3. The third-order valence-corrected chi connectivity index (χ3v) is 3.89. The van der Waals surface area contributed by atoms with Crippen LogP contribution in [0.3, 0.4) is 0 Å². The second kappa shape index (κ2) is 5.55. The van der Waals surface area contributed by atoms with Crippen LogP contribution in [0, 0.1) is 5.92 Å². The highest BCUT2D eigenvalue weighted by atomic mass is 16.5. The standard InChI is InChI=1S/C14H21NO3/c1-3-4-6-10-9-12(16)13-11(10)7-5-8-15(13)14(17)18-2/h10H,3-9H2,1-2H3. The molecular weight excluding hydrogens is 230 g/mol. The van der Waals surface area contributed by atoms with Gasteiger partial charge in [0, 0.05) is 13.0 Å². The summed E-state index contributed by atoms with van der Waals surface area (Å²) in [5.41, 5.74) is 1.85. The van der Waals surface area contributed by atoms with Gasteiger partial charge in [-0.25, -0.2) is 4.79 Å². The van der Waals surface area contributed by atoms with Crippen LogP contribution in [0.2, 0.25) is 0 Å². The number of unbranched alkanes of at least 4 members (excludes halogenated alkanes) is 1. The van der Waals surface area contributed by atoms with E-state index in [0.29, 0.717) is 24.6 Å². The number of ketones is 1. The van der Waals surface area contributed by atoms with E-state index in [0.717, 1.165) is 32.1 Å². The monoisotopic (exact) mass is 251 g/mol. The van der Waals surface area contributed by atoms with E-state index in [4.69, 9.17) is 4.74 Å². The number of methoxy groups -OCH3 is 1. The Kier molecular flexibility index (Phi) is 4.04. The average molecular weight is 251 g/mol. The summed E-state index contributed by atoms with van der Waals surface area (Å²) < 4.78 is 4.76. The zero-order valence-corrected chi connectivity index (χ0v) is 11.2. The van der Waals surface area contributed by atoms with E-state index in [1.54, 1.807) is 0 Å². The number of ether oxygens (including phenoxy) is 1. The van der Waals surface area contributed by atoms with Crippen LogP contribution in [0.15, 0.2) is 11.3 Å². The Hall–Kier alpha value is -1.32. The number of nitrogens with zero attached hydrogens (tertiary/aromatic N) is 1. The fraction of sp³-hybridized carbons (Fsp3) is 0.714. The molecule has 1 atom stereocenters. The normalized spacial score (nSPS) is 23.3. The Morgan fingerprint density at radius 2 is 2.28 bits per heavy atom. The van der Waals surface area contributed by atoms with Gasteiger partial charge in [-0.2, -0.15) is 0 Å². The number of allylic oxidation sites excluding steroid dienone is 2. The molecule has 4 heteroatoms. The first-order chi connectivity index (χ1) is 8.69. The zero-order valence-electron chi connectivity index (χ0n) is 11.2. The maximum Gasteiger partial charge on any atom is 0.414 e. The van der Waals surface area contributed by atoms with Gasteiger partial charge in [0.15, 0.2) is 5.78 Å². The van der Waals surface area contributed by atoms with Crippen LogP contribution in [0.25, 0.3) is 0 Å². The average Bonchev–Trinajstić information content (AvgIpc) is 2.72. The van der Waals surface area contributed by atoms with Crippen LogP contribution in [-0.2, 0) is 9.53 Å². The van der Waals surface area contributed by atoms with Crippen LogP contribution in [-0.4, -0.2) is 30.4 Å². The summed E-state index contributed by atoms with van der Waals surface area (Å²) in [5.74, 6) is 0.483. The molecule has 18 heavy (non-hydrogen) atoms. The molecule has 0 spiro atoms. The summed E-state index contributed by atoms with van der Waals surface area (Å²) >= 11 is 0. The van der Waals surface area contributed by atoms with E-state index in [1.807, 2.05) is 0 Å². The van der Waals surface area contributed by atoms with Crippen molar-refractivity contribution in [3.8, 4) is 0 Å².